The molecule has 3 nitrogen and oxygen atoms in total. The molecule has 4 heteroatoms. The second-order valence-corrected chi connectivity index (χ2v) is 1.58. The average molecular weight is 108 g/mol. The predicted molar refractivity (Wildman–Crippen MR) is 20.7 cm³/mol. The van der Waals surface area contributed by atoms with Gasteiger partial charge in [-0.15, -0.1) is 0 Å². The van der Waals surface area contributed by atoms with Crippen LogP contribution in [0.5, 0.6) is 0 Å². The van der Waals surface area contributed by atoms with E-state index in [2.05, 4.69) is 0 Å². The lowest BCUT2D eigenvalue weighted by Crippen LogP contribution is -2.00. The molecule has 0 radical (unpaired) electrons. The Morgan fingerprint density at radius 2 is 2.33 bits per heavy atom. The van der Waals surface area contributed by atoms with Gasteiger partial charge in [0, 0.05) is 0 Å². The van der Waals surface area contributed by atoms with Gasteiger partial charge in [-0.1, -0.05) is 0 Å². The third kappa shape index (κ3) is 2.27. The number of rotatable bonds is 2. The Labute approximate surface area is 36.8 Å². The highest BCUT2D eigenvalue weighted by Crippen LogP contribution is 1.97. The molecule has 0 heterocycles. The molecule has 0 aromatic carbocycles. The smallest absolute Gasteiger partial charge is 0.189 e. The molecule has 0 bridgehead atoms. The van der Waals surface area contributed by atoms with Gasteiger partial charge in [0.2, 0.25) is 0 Å². The molecule has 0 aromatic rings. The average Bonchev–Trinajstić information content (AvgIpc) is 1.65. The zero-order valence-electron chi connectivity index (χ0n) is 3.03. The lowest BCUT2D eigenvalue weighted by molar-refractivity contribution is 0.156. The van der Waals surface area contributed by atoms with Crippen molar-refractivity contribution < 1.29 is 14.8 Å². The van der Waals surface area contributed by atoms with Gasteiger partial charge in [0.1, 0.15) is 0 Å². The van der Waals surface area contributed by atoms with E-state index in [9.17, 15) is 4.57 Å². The van der Waals surface area contributed by atoms with E-state index in [1.807, 2.05) is 0 Å². The summed E-state index contributed by atoms with van der Waals surface area (Å²) in [6, 6.07) is 0. The zero-order chi connectivity index (χ0) is 4.99. The molecule has 0 aliphatic carbocycles. The fraction of sp³-hybridized carbons (Fsp3) is 1.00. The number of aliphatic hydroxyl groups excluding tert-OH is 2. The van der Waals surface area contributed by atoms with Gasteiger partial charge < -0.3 is 10.2 Å². The van der Waals surface area contributed by atoms with Crippen LogP contribution in [0.15, 0.2) is 0 Å². The molecular weight excluding hydrogens is 103 g/mol. The Morgan fingerprint density at radius 1 is 1.83 bits per heavy atom. The minimum atomic E-state index is -1.09. The van der Waals surface area contributed by atoms with Crippen LogP contribution in [0.2, 0.25) is 0 Å². The summed E-state index contributed by atoms with van der Waals surface area (Å²) in [6.45, 7) is -0.439. The molecule has 2 N–H and O–H groups in total. The van der Waals surface area contributed by atoms with Gasteiger partial charge in [0.05, 0.1) is 6.61 Å². The molecule has 0 aliphatic rings. The molecule has 0 fully saturated rings. The van der Waals surface area contributed by atoms with Crippen molar-refractivity contribution in [1.82, 2.24) is 0 Å². The highest BCUT2D eigenvalue weighted by atomic mass is 31.1. The molecule has 0 spiro atoms. The number of aliphatic hydroxyl groups is 2. The number of hydrogen-bond acceptors (Lipinski definition) is 3. The van der Waals surface area contributed by atoms with E-state index in [0.717, 1.165) is 0 Å². The Kier molecular flexibility index (Phi) is 3.23. The van der Waals surface area contributed by atoms with Crippen LogP contribution in [0.4, 0.5) is 0 Å². The first-order valence-electron chi connectivity index (χ1n) is 1.42. The normalized spacial score (nSPS) is 15.0. The van der Waals surface area contributed by atoms with E-state index in [-0.39, 0.29) is 0 Å². The largest absolute Gasteiger partial charge is 0.393 e. The van der Waals surface area contributed by atoms with Gasteiger partial charge in [0.25, 0.3) is 0 Å². The third-order valence-electron chi connectivity index (χ3n) is 0.285. The number of hydrogen-bond donors (Lipinski definition) is 2. The van der Waals surface area contributed by atoms with Crippen LogP contribution < -0.4 is 0 Å². The van der Waals surface area contributed by atoms with Crippen LogP contribution in [0.1, 0.15) is 0 Å². The maximum atomic E-state index is 9.42. The standard InChI is InChI=1S/C2H5O3P/c3-1-2(4)6-5/h2-4H,1H2. The maximum absolute atomic E-state index is 9.42. The van der Waals surface area contributed by atoms with Gasteiger partial charge in [-0.25, -0.2) is 0 Å². The van der Waals surface area contributed by atoms with Crippen LogP contribution in [0.3, 0.4) is 0 Å². The first-order chi connectivity index (χ1) is 2.81. The second-order valence-electron chi connectivity index (χ2n) is 0.769. The van der Waals surface area contributed by atoms with Crippen molar-refractivity contribution in [3.63, 3.8) is 0 Å². The SMILES string of the molecule is O=PC(O)CO. The van der Waals surface area contributed by atoms with Gasteiger partial charge in [-0.3, -0.25) is 4.57 Å². The molecule has 0 aromatic heterocycles. The van der Waals surface area contributed by atoms with E-state index in [1.165, 1.54) is 0 Å². The fourth-order valence-corrected chi connectivity index (χ4v) is 0.100. The maximum Gasteiger partial charge on any atom is 0.189 e. The predicted octanol–water partition coefficient (Wildman–Crippen LogP) is -0.411. The lowest BCUT2D eigenvalue weighted by atomic mass is 10.8. The molecule has 0 amide bonds. The molecule has 0 aliphatic heterocycles. The van der Waals surface area contributed by atoms with Crippen LogP contribution in [-0.4, -0.2) is 22.7 Å². The van der Waals surface area contributed by atoms with Crippen molar-refractivity contribution in [2.75, 3.05) is 6.61 Å². The van der Waals surface area contributed by atoms with Crippen molar-refractivity contribution in [2.24, 2.45) is 0 Å². The van der Waals surface area contributed by atoms with Crippen molar-refractivity contribution in [2.45, 2.75) is 5.85 Å². The molecule has 0 rings (SSSR count). The van der Waals surface area contributed by atoms with E-state index < -0.39 is 20.9 Å². The molecule has 0 saturated heterocycles. The summed E-state index contributed by atoms with van der Waals surface area (Å²) < 4.78 is 9.42. The van der Waals surface area contributed by atoms with Crippen LogP contribution >= 0.6 is 8.46 Å². The highest BCUT2D eigenvalue weighted by molar-refractivity contribution is 7.24. The van der Waals surface area contributed by atoms with Crippen molar-refractivity contribution in [1.29, 1.82) is 0 Å². The Hall–Kier alpha value is 0.0200. The fourth-order valence-electron chi connectivity index (χ4n) is 0.0333. The molecule has 1 atom stereocenters. The van der Waals surface area contributed by atoms with Crippen molar-refractivity contribution in [3.8, 4) is 0 Å². The summed E-state index contributed by atoms with van der Waals surface area (Å²) in [7, 11) is -0.416. The van der Waals surface area contributed by atoms with Crippen molar-refractivity contribution >= 4 is 8.46 Å². The quantitative estimate of drug-likeness (QED) is 0.472. The van der Waals surface area contributed by atoms with E-state index in [4.69, 9.17) is 10.2 Å². The van der Waals surface area contributed by atoms with Crippen LogP contribution in [0, 0.1) is 0 Å². The minimum Gasteiger partial charge on any atom is -0.393 e. The lowest BCUT2D eigenvalue weighted by Gasteiger charge is -1.87. The third-order valence-corrected chi connectivity index (χ3v) is 0.692. The van der Waals surface area contributed by atoms with Crippen LogP contribution in [0.25, 0.3) is 0 Å². The summed E-state index contributed by atoms with van der Waals surface area (Å²) in [5, 5.41) is 16.0. The Balaban J connectivity index is 2.96. The summed E-state index contributed by atoms with van der Waals surface area (Å²) in [6.07, 6.45) is 0. The van der Waals surface area contributed by atoms with Gasteiger partial charge in [-0.2, -0.15) is 0 Å². The summed E-state index contributed by atoms with van der Waals surface area (Å²) in [5.41, 5.74) is 0. The summed E-state index contributed by atoms with van der Waals surface area (Å²) >= 11 is 0. The molecule has 1 unspecified atom stereocenters. The van der Waals surface area contributed by atoms with Crippen LogP contribution in [-0.2, 0) is 4.57 Å². The second kappa shape index (κ2) is 3.22. The van der Waals surface area contributed by atoms with E-state index in [0.29, 0.717) is 0 Å². The van der Waals surface area contributed by atoms with Gasteiger partial charge in [-0.05, 0) is 0 Å². The first kappa shape index (κ1) is 6.02. The van der Waals surface area contributed by atoms with Gasteiger partial charge in [0.15, 0.2) is 14.3 Å². The van der Waals surface area contributed by atoms with Crippen molar-refractivity contribution in [3.05, 3.63) is 0 Å². The monoisotopic (exact) mass is 108 g/mol. The molecule has 0 saturated carbocycles. The molecular formula is C2H5O3P. The Bertz CT molecular complexity index is 46.1. The molecule has 36 valence electrons. The summed E-state index contributed by atoms with van der Waals surface area (Å²) in [5.74, 6) is -1.09. The zero-order valence-corrected chi connectivity index (χ0v) is 3.93. The van der Waals surface area contributed by atoms with E-state index >= 15 is 0 Å². The highest BCUT2D eigenvalue weighted by Gasteiger charge is 1.94. The van der Waals surface area contributed by atoms with Gasteiger partial charge >= 0.3 is 0 Å². The minimum absolute atomic E-state index is 0.416. The van der Waals surface area contributed by atoms with E-state index in [1.54, 1.807) is 0 Å². The summed E-state index contributed by atoms with van der Waals surface area (Å²) in [4.78, 5) is 0. The topological polar surface area (TPSA) is 57.5 Å². The molecule has 6 heavy (non-hydrogen) atoms. The Morgan fingerprint density at radius 3 is 2.33 bits per heavy atom. The first-order valence-corrected chi connectivity index (χ1v) is 2.30.